The molecule has 1 fully saturated rings. The SMILES string of the molecule is CCc1ccc(N2C(=O)[C@H]3N=NN(Cc4ccc(OC)cc4)[C@@H]3C2=O)cc1. The van der Waals surface area contributed by atoms with Gasteiger partial charge in [-0.25, -0.2) is 4.90 Å². The molecule has 2 aliphatic heterocycles. The molecule has 0 saturated carbocycles. The number of fused-ring (bicyclic) bond motifs is 1. The van der Waals surface area contributed by atoms with Crippen molar-refractivity contribution < 1.29 is 14.3 Å². The van der Waals surface area contributed by atoms with E-state index in [0.29, 0.717) is 12.2 Å². The Balaban J connectivity index is 1.55. The number of nitrogens with zero attached hydrogens (tertiary/aromatic N) is 4. The summed E-state index contributed by atoms with van der Waals surface area (Å²) in [4.78, 5) is 26.9. The second-order valence-electron chi connectivity index (χ2n) is 6.57. The highest BCUT2D eigenvalue weighted by Crippen LogP contribution is 2.33. The van der Waals surface area contributed by atoms with Gasteiger partial charge in [0.15, 0.2) is 12.1 Å². The molecule has 2 aliphatic rings. The number of methoxy groups -OCH3 is 1. The van der Waals surface area contributed by atoms with Gasteiger partial charge in [-0.05, 0) is 41.8 Å². The van der Waals surface area contributed by atoms with Crippen molar-refractivity contribution in [3.8, 4) is 5.75 Å². The molecule has 0 unspecified atom stereocenters. The van der Waals surface area contributed by atoms with Gasteiger partial charge in [-0.15, -0.1) is 0 Å². The summed E-state index contributed by atoms with van der Waals surface area (Å²) in [7, 11) is 1.61. The number of carbonyl (C=O) groups is 2. The first kappa shape index (κ1) is 17.2. The Morgan fingerprint density at radius 3 is 2.26 bits per heavy atom. The lowest BCUT2D eigenvalue weighted by atomic mass is 10.1. The van der Waals surface area contributed by atoms with Gasteiger partial charge in [0.2, 0.25) is 0 Å². The first-order chi connectivity index (χ1) is 13.1. The maximum absolute atomic E-state index is 13.0. The Kier molecular flexibility index (Phi) is 4.35. The Morgan fingerprint density at radius 1 is 0.963 bits per heavy atom. The number of amides is 2. The van der Waals surface area contributed by atoms with Crippen LogP contribution in [-0.2, 0) is 22.6 Å². The Labute approximate surface area is 157 Å². The third-order valence-electron chi connectivity index (χ3n) is 4.96. The zero-order valence-electron chi connectivity index (χ0n) is 15.2. The van der Waals surface area contributed by atoms with Gasteiger partial charge >= 0.3 is 0 Å². The minimum atomic E-state index is -0.776. The van der Waals surface area contributed by atoms with Crippen LogP contribution in [0, 0.1) is 0 Å². The molecule has 138 valence electrons. The molecule has 0 radical (unpaired) electrons. The Bertz CT molecular complexity index is 892. The molecular weight excluding hydrogens is 344 g/mol. The van der Waals surface area contributed by atoms with E-state index in [0.717, 1.165) is 23.3 Å². The third-order valence-corrected chi connectivity index (χ3v) is 4.96. The van der Waals surface area contributed by atoms with E-state index in [4.69, 9.17) is 4.74 Å². The topological polar surface area (TPSA) is 74.6 Å². The zero-order chi connectivity index (χ0) is 19.0. The highest BCUT2D eigenvalue weighted by Gasteiger charge is 2.54. The van der Waals surface area contributed by atoms with Crippen LogP contribution in [-0.4, -0.2) is 36.0 Å². The monoisotopic (exact) mass is 364 g/mol. The number of ether oxygens (including phenoxy) is 1. The molecule has 0 spiro atoms. The van der Waals surface area contributed by atoms with Gasteiger partial charge in [-0.2, -0.15) is 5.11 Å². The fourth-order valence-electron chi connectivity index (χ4n) is 3.41. The van der Waals surface area contributed by atoms with Gasteiger partial charge < -0.3 is 4.74 Å². The van der Waals surface area contributed by atoms with E-state index in [2.05, 4.69) is 17.3 Å². The molecule has 0 aliphatic carbocycles. The van der Waals surface area contributed by atoms with Crippen molar-refractivity contribution in [1.82, 2.24) is 5.01 Å². The molecule has 7 nitrogen and oxygen atoms in total. The van der Waals surface area contributed by atoms with Crippen molar-refractivity contribution >= 4 is 17.5 Å². The highest BCUT2D eigenvalue weighted by molar-refractivity contribution is 6.25. The first-order valence-corrected chi connectivity index (χ1v) is 8.89. The van der Waals surface area contributed by atoms with E-state index in [9.17, 15) is 9.59 Å². The fraction of sp³-hybridized carbons (Fsp3) is 0.300. The van der Waals surface area contributed by atoms with Crippen LogP contribution in [0.4, 0.5) is 5.69 Å². The van der Waals surface area contributed by atoms with Crippen molar-refractivity contribution in [2.75, 3.05) is 12.0 Å². The normalized spacial score (nSPS) is 21.1. The van der Waals surface area contributed by atoms with E-state index >= 15 is 0 Å². The summed E-state index contributed by atoms with van der Waals surface area (Å²) in [5.41, 5.74) is 2.69. The quantitative estimate of drug-likeness (QED) is 0.765. The average molecular weight is 364 g/mol. The minimum Gasteiger partial charge on any atom is -0.497 e. The van der Waals surface area contributed by atoms with Crippen LogP contribution in [0.15, 0.2) is 58.9 Å². The summed E-state index contributed by atoms with van der Waals surface area (Å²) < 4.78 is 5.16. The predicted octanol–water partition coefficient (Wildman–Crippen LogP) is 2.75. The molecule has 27 heavy (non-hydrogen) atoms. The van der Waals surface area contributed by atoms with E-state index in [1.54, 1.807) is 24.3 Å². The number of carbonyl (C=O) groups excluding carboxylic acids is 2. The summed E-state index contributed by atoms with van der Waals surface area (Å²) in [5, 5.41) is 9.73. The van der Waals surface area contributed by atoms with Crippen molar-refractivity contribution in [2.24, 2.45) is 10.3 Å². The number of imide groups is 1. The molecular formula is C20H20N4O3. The number of rotatable bonds is 5. The lowest BCUT2D eigenvalue weighted by Gasteiger charge is -2.20. The molecule has 2 atom stereocenters. The van der Waals surface area contributed by atoms with Crippen LogP contribution in [0.5, 0.6) is 5.75 Å². The molecule has 0 bridgehead atoms. The molecule has 0 aromatic heterocycles. The standard InChI is InChI=1S/C20H20N4O3/c1-3-13-4-8-15(9-5-13)24-19(25)17-18(20(24)26)23(22-21-17)12-14-6-10-16(27-2)11-7-14/h4-11,17-18H,3,12H2,1-2H3/t17-,18-/m0/s1. The van der Waals surface area contributed by atoms with Crippen LogP contribution < -0.4 is 9.64 Å². The second-order valence-corrected chi connectivity index (χ2v) is 6.57. The van der Waals surface area contributed by atoms with Crippen LogP contribution in [0.3, 0.4) is 0 Å². The predicted molar refractivity (Wildman–Crippen MR) is 99.3 cm³/mol. The molecule has 0 N–H and O–H groups in total. The summed E-state index contributed by atoms with van der Waals surface area (Å²) in [6, 6.07) is 13.5. The Morgan fingerprint density at radius 2 is 1.63 bits per heavy atom. The zero-order valence-corrected chi connectivity index (χ0v) is 15.2. The van der Waals surface area contributed by atoms with Crippen LogP contribution in [0.25, 0.3) is 0 Å². The van der Waals surface area contributed by atoms with Crippen LogP contribution in [0.2, 0.25) is 0 Å². The lowest BCUT2D eigenvalue weighted by Crippen LogP contribution is -2.39. The number of aryl methyl sites for hydroxylation is 1. The van der Waals surface area contributed by atoms with Gasteiger partial charge in [-0.3, -0.25) is 14.6 Å². The van der Waals surface area contributed by atoms with Crippen molar-refractivity contribution in [3.63, 3.8) is 0 Å². The van der Waals surface area contributed by atoms with Crippen molar-refractivity contribution in [3.05, 3.63) is 59.7 Å². The van der Waals surface area contributed by atoms with E-state index in [-0.39, 0.29) is 11.8 Å². The molecule has 2 heterocycles. The van der Waals surface area contributed by atoms with Crippen LogP contribution >= 0.6 is 0 Å². The number of hydrogen-bond donors (Lipinski definition) is 0. The summed E-state index contributed by atoms with van der Waals surface area (Å²) in [6.07, 6.45) is 0.900. The van der Waals surface area contributed by atoms with E-state index in [1.807, 2.05) is 36.4 Å². The number of benzene rings is 2. The van der Waals surface area contributed by atoms with Crippen molar-refractivity contribution in [2.45, 2.75) is 32.0 Å². The first-order valence-electron chi connectivity index (χ1n) is 8.89. The van der Waals surface area contributed by atoms with Gasteiger partial charge in [0, 0.05) is 0 Å². The van der Waals surface area contributed by atoms with Gasteiger partial charge in [0.25, 0.3) is 11.8 Å². The molecule has 4 rings (SSSR count). The maximum Gasteiger partial charge on any atom is 0.263 e. The molecule has 7 heteroatoms. The molecule has 2 aromatic rings. The van der Waals surface area contributed by atoms with Crippen molar-refractivity contribution in [1.29, 1.82) is 0 Å². The third kappa shape index (κ3) is 2.95. The lowest BCUT2D eigenvalue weighted by molar-refractivity contribution is -0.123. The summed E-state index contributed by atoms with van der Waals surface area (Å²) in [5.74, 6) is 0.150. The van der Waals surface area contributed by atoms with E-state index < -0.39 is 12.1 Å². The minimum absolute atomic E-state index is 0.284. The highest BCUT2D eigenvalue weighted by atomic mass is 16.5. The fourth-order valence-corrected chi connectivity index (χ4v) is 3.41. The molecule has 1 saturated heterocycles. The summed E-state index contributed by atoms with van der Waals surface area (Å²) >= 11 is 0. The van der Waals surface area contributed by atoms with Crippen LogP contribution in [0.1, 0.15) is 18.1 Å². The largest absolute Gasteiger partial charge is 0.497 e. The average Bonchev–Trinajstić information content (AvgIpc) is 3.22. The molecule has 2 amide bonds. The van der Waals surface area contributed by atoms with E-state index in [1.165, 1.54) is 4.90 Å². The van der Waals surface area contributed by atoms with Gasteiger partial charge in [0.1, 0.15) is 5.75 Å². The maximum atomic E-state index is 13.0. The van der Waals surface area contributed by atoms with Gasteiger partial charge in [-0.1, -0.05) is 36.4 Å². The molecule has 2 aromatic carbocycles. The number of anilines is 1. The smallest absolute Gasteiger partial charge is 0.263 e. The number of hydrogen-bond acceptors (Lipinski definition) is 6. The Hall–Kier alpha value is -3.22. The van der Waals surface area contributed by atoms with Gasteiger partial charge in [0.05, 0.1) is 19.3 Å². The summed E-state index contributed by atoms with van der Waals surface area (Å²) in [6.45, 7) is 2.46. The second kappa shape index (κ2) is 6.83.